The number of carbonyl (C=O) groups is 1. The van der Waals surface area contributed by atoms with Gasteiger partial charge in [0, 0.05) is 0 Å². The summed E-state index contributed by atoms with van der Waals surface area (Å²) in [5, 5.41) is 26.6. The number of nitrogens with one attached hydrogen (secondary N) is 2. The van der Waals surface area contributed by atoms with Gasteiger partial charge in [-0.1, -0.05) is 19.8 Å². The van der Waals surface area contributed by atoms with E-state index in [2.05, 4.69) is 22.1 Å². The van der Waals surface area contributed by atoms with E-state index in [0.29, 0.717) is 12.3 Å². The van der Waals surface area contributed by atoms with E-state index in [4.69, 9.17) is 26.1 Å². The predicted octanol–water partition coefficient (Wildman–Crippen LogP) is 0.944. The Balaban J connectivity index is 2.10. The molecule has 2 fully saturated rings. The number of alkyl halides is 1. The summed E-state index contributed by atoms with van der Waals surface area (Å²) >= 11 is 7.39. The van der Waals surface area contributed by atoms with Crippen molar-refractivity contribution < 1.29 is 38.6 Å². The van der Waals surface area contributed by atoms with Crippen LogP contribution >= 0.6 is 31.2 Å². The predicted molar refractivity (Wildman–Crippen MR) is 122 cm³/mol. The molecule has 2 aliphatic heterocycles. The number of aliphatic hydroxyl groups is 2. The van der Waals surface area contributed by atoms with Crippen LogP contribution in [0.3, 0.4) is 0 Å². The molecule has 1 amide bonds. The van der Waals surface area contributed by atoms with Crippen molar-refractivity contribution in [1.82, 2.24) is 10.6 Å². The van der Waals surface area contributed by atoms with Crippen LogP contribution < -0.4 is 10.6 Å². The first kappa shape index (κ1) is 28.3. The zero-order chi connectivity index (χ0) is 24.1. The minimum atomic E-state index is -4.94. The molecular weight excluding hydrogens is 483 g/mol. The van der Waals surface area contributed by atoms with Crippen molar-refractivity contribution in [1.29, 1.82) is 0 Å². The number of halogens is 1. The van der Waals surface area contributed by atoms with E-state index in [0.717, 1.165) is 44.0 Å². The van der Waals surface area contributed by atoms with Gasteiger partial charge < -0.3 is 35.4 Å². The Kier molecular flexibility index (Phi) is 11.2. The minimum absolute atomic E-state index is 0.265. The second-order valence-corrected chi connectivity index (χ2v) is 11.3. The first-order chi connectivity index (χ1) is 15.0. The Morgan fingerprint density at radius 1 is 1.31 bits per heavy atom. The molecule has 0 spiro atoms. The SMILES string of the molecule is CCCC1CCNC(C(=O)NC(C(C)Cl)[C@H]2O[C@H](SC)[C@H](OP(=O)(O)O)[C@@H](O)[C@H]2O)CC1. The van der Waals surface area contributed by atoms with Crippen LogP contribution in [0.5, 0.6) is 0 Å². The summed E-state index contributed by atoms with van der Waals surface area (Å²) in [4.78, 5) is 31.3. The summed E-state index contributed by atoms with van der Waals surface area (Å²) in [5.74, 6) is 0.319. The molecule has 9 atom stereocenters. The molecule has 0 aliphatic carbocycles. The highest BCUT2D eigenvalue weighted by molar-refractivity contribution is 7.99. The van der Waals surface area contributed by atoms with Crippen molar-refractivity contribution >= 4 is 37.1 Å². The number of hydrogen-bond acceptors (Lipinski definition) is 8. The zero-order valence-electron chi connectivity index (χ0n) is 18.6. The van der Waals surface area contributed by atoms with Crippen molar-refractivity contribution in [3.05, 3.63) is 0 Å². The van der Waals surface area contributed by atoms with Gasteiger partial charge in [0.1, 0.15) is 29.9 Å². The summed E-state index contributed by atoms with van der Waals surface area (Å²) in [6, 6.07) is -1.25. The first-order valence-electron chi connectivity index (χ1n) is 10.9. The molecule has 10 nitrogen and oxygen atoms in total. The fourth-order valence-electron chi connectivity index (χ4n) is 4.37. The van der Waals surface area contributed by atoms with Gasteiger partial charge in [0.2, 0.25) is 5.91 Å². The first-order valence-corrected chi connectivity index (χ1v) is 14.2. The van der Waals surface area contributed by atoms with Crippen LogP contribution in [0.2, 0.25) is 0 Å². The fraction of sp³-hybridized carbons (Fsp3) is 0.947. The number of aliphatic hydroxyl groups excluding tert-OH is 2. The summed E-state index contributed by atoms with van der Waals surface area (Å²) in [6.07, 6.45) is 0.687. The maximum Gasteiger partial charge on any atom is 0.470 e. The molecule has 2 aliphatic rings. The van der Waals surface area contributed by atoms with Gasteiger partial charge in [-0.25, -0.2) is 4.57 Å². The molecule has 2 rings (SSSR count). The monoisotopic (exact) mass is 518 g/mol. The molecule has 0 aromatic carbocycles. The number of ether oxygens (including phenoxy) is 1. The van der Waals surface area contributed by atoms with Gasteiger partial charge >= 0.3 is 7.82 Å². The van der Waals surface area contributed by atoms with Crippen molar-refractivity contribution in [2.24, 2.45) is 5.92 Å². The van der Waals surface area contributed by atoms with Crippen molar-refractivity contribution in [2.75, 3.05) is 12.8 Å². The number of hydrogen-bond donors (Lipinski definition) is 6. The topological polar surface area (TPSA) is 158 Å². The maximum atomic E-state index is 13.0. The number of phosphoric acid groups is 1. The average molecular weight is 519 g/mol. The standard InChI is InChI=1S/C19H36ClN2O8PS/c1-4-5-11-6-7-12(21-9-8-11)18(25)22-13(10(2)20)16-14(23)15(24)17(19(29-16)32-3)30-31(26,27)28/h10-17,19,21,23-24H,4-9H2,1-3H3,(H,22,25)(H2,26,27,28)/t10?,11?,12?,13?,14-,15+,16-,17-,19-/m1/s1. The van der Waals surface area contributed by atoms with E-state index in [-0.39, 0.29) is 5.91 Å². The van der Waals surface area contributed by atoms with Crippen LogP contribution in [0.1, 0.15) is 46.0 Å². The molecule has 2 heterocycles. The van der Waals surface area contributed by atoms with Gasteiger partial charge in [0.15, 0.2) is 0 Å². The third-order valence-electron chi connectivity index (χ3n) is 6.05. The Morgan fingerprint density at radius 2 is 2.00 bits per heavy atom. The van der Waals surface area contributed by atoms with E-state index in [9.17, 15) is 19.6 Å². The molecule has 0 radical (unpaired) electrons. The molecule has 0 bridgehead atoms. The number of amides is 1. The number of carbonyl (C=O) groups excluding carboxylic acids is 1. The molecule has 6 N–H and O–H groups in total. The highest BCUT2D eigenvalue weighted by Gasteiger charge is 2.50. The van der Waals surface area contributed by atoms with Gasteiger partial charge in [-0.2, -0.15) is 0 Å². The lowest BCUT2D eigenvalue weighted by Gasteiger charge is -2.45. The van der Waals surface area contributed by atoms with Crippen molar-refractivity contribution in [3.63, 3.8) is 0 Å². The number of thioether (sulfide) groups is 1. The molecular formula is C19H36ClN2O8PS. The van der Waals surface area contributed by atoms with E-state index in [1.54, 1.807) is 13.2 Å². The smallest absolute Gasteiger partial charge is 0.388 e. The summed E-state index contributed by atoms with van der Waals surface area (Å²) in [6.45, 7) is 4.52. The number of rotatable bonds is 9. The van der Waals surface area contributed by atoms with Crippen LogP contribution in [0, 0.1) is 5.92 Å². The normalized spacial score (nSPS) is 36.2. The van der Waals surface area contributed by atoms with Crippen LogP contribution in [0.15, 0.2) is 0 Å². The van der Waals surface area contributed by atoms with Gasteiger partial charge in [0.25, 0.3) is 0 Å². The van der Waals surface area contributed by atoms with Crippen LogP contribution in [0.4, 0.5) is 0 Å². The van der Waals surface area contributed by atoms with Gasteiger partial charge in [0.05, 0.1) is 17.5 Å². The summed E-state index contributed by atoms with van der Waals surface area (Å²) in [7, 11) is -4.94. The lowest BCUT2D eigenvalue weighted by atomic mass is 9.92. The van der Waals surface area contributed by atoms with Crippen molar-refractivity contribution in [3.8, 4) is 0 Å². The second-order valence-electron chi connectivity index (χ2n) is 8.49. The molecule has 0 aromatic heterocycles. The molecule has 13 heteroatoms. The molecule has 0 saturated carbocycles. The van der Waals surface area contributed by atoms with E-state index in [1.165, 1.54) is 0 Å². The molecule has 32 heavy (non-hydrogen) atoms. The molecule has 2 saturated heterocycles. The Labute approximate surface area is 198 Å². The van der Waals surface area contributed by atoms with Crippen LogP contribution in [-0.2, 0) is 18.6 Å². The van der Waals surface area contributed by atoms with Gasteiger partial charge in [-0.3, -0.25) is 9.32 Å². The van der Waals surface area contributed by atoms with Gasteiger partial charge in [-0.05, 0) is 44.9 Å². The average Bonchev–Trinajstić information content (AvgIpc) is 2.95. The van der Waals surface area contributed by atoms with E-state index < -0.39 is 55.1 Å². The van der Waals surface area contributed by atoms with E-state index >= 15 is 0 Å². The second kappa shape index (κ2) is 12.7. The van der Waals surface area contributed by atoms with Gasteiger partial charge in [-0.15, -0.1) is 23.4 Å². The summed E-state index contributed by atoms with van der Waals surface area (Å²) < 4.78 is 21.8. The molecule has 0 aromatic rings. The third kappa shape index (κ3) is 7.80. The van der Waals surface area contributed by atoms with Crippen molar-refractivity contribution in [2.45, 2.75) is 93.3 Å². The molecule has 4 unspecified atom stereocenters. The van der Waals surface area contributed by atoms with Crippen LogP contribution in [-0.4, -0.2) is 86.0 Å². The molecule has 188 valence electrons. The Morgan fingerprint density at radius 3 is 2.56 bits per heavy atom. The lowest BCUT2D eigenvalue weighted by Crippen LogP contribution is -2.65. The maximum absolute atomic E-state index is 13.0. The number of phosphoric ester groups is 1. The summed E-state index contributed by atoms with van der Waals surface area (Å²) in [5.41, 5.74) is -0.994. The quantitative estimate of drug-likeness (QED) is 0.192. The van der Waals surface area contributed by atoms with Crippen LogP contribution in [0.25, 0.3) is 0 Å². The Bertz CT molecular complexity index is 655. The third-order valence-corrected chi connectivity index (χ3v) is 7.69. The largest absolute Gasteiger partial charge is 0.470 e. The van der Waals surface area contributed by atoms with E-state index in [1.807, 2.05) is 0 Å². The highest BCUT2D eigenvalue weighted by Crippen LogP contribution is 2.43. The minimum Gasteiger partial charge on any atom is -0.388 e. The fourth-order valence-corrected chi connectivity index (χ4v) is 5.94. The zero-order valence-corrected chi connectivity index (χ0v) is 21.1. The Hall–Kier alpha value is 0.0600. The highest BCUT2D eigenvalue weighted by atomic mass is 35.5. The lowest BCUT2D eigenvalue weighted by molar-refractivity contribution is -0.201.